The summed E-state index contributed by atoms with van der Waals surface area (Å²) >= 11 is 0. The standard InChI is InChI=1S/C18H19FN2O3/c1-21(23-2)18(22)17-12-8-11(9-13(12)17)24-16-5-6-20-15-4-3-10(19)7-14(15)16/h3-7,11-13,17H,8-9H2,1-2H3/t11-,12-,13+,17-. The van der Waals surface area contributed by atoms with E-state index in [1.165, 1.54) is 24.3 Å². The van der Waals surface area contributed by atoms with E-state index in [2.05, 4.69) is 4.98 Å². The third-order valence-electron chi connectivity index (χ3n) is 5.23. The highest BCUT2D eigenvalue weighted by Gasteiger charge is 2.61. The third-order valence-corrected chi connectivity index (χ3v) is 5.23. The second-order valence-electron chi connectivity index (χ2n) is 6.55. The van der Waals surface area contributed by atoms with Gasteiger partial charge in [0.25, 0.3) is 0 Å². The van der Waals surface area contributed by atoms with Crippen LogP contribution in [-0.4, -0.2) is 36.2 Å². The SMILES string of the molecule is CON(C)C(=O)[C@@H]1[C@@H]2C[C@@H](Oc3ccnc4ccc(F)cc34)C[C@@H]21. The number of hydrogen-bond donors (Lipinski definition) is 0. The average molecular weight is 330 g/mol. The van der Waals surface area contributed by atoms with E-state index in [9.17, 15) is 9.18 Å². The van der Waals surface area contributed by atoms with Crippen molar-refractivity contribution in [2.45, 2.75) is 18.9 Å². The summed E-state index contributed by atoms with van der Waals surface area (Å²) in [7, 11) is 3.14. The number of carbonyl (C=O) groups is 1. The van der Waals surface area contributed by atoms with Crippen molar-refractivity contribution in [3.63, 3.8) is 0 Å². The zero-order valence-electron chi connectivity index (χ0n) is 13.6. The van der Waals surface area contributed by atoms with Crippen LogP contribution in [0.3, 0.4) is 0 Å². The fraction of sp³-hybridized carbons (Fsp3) is 0.444. The number of pyridine rings is 1. The Balaban J connectivity index is 1.45. The Hall–Kier alpha value is -2.21. The predicted octanol–water partition coefficient (Wildman–Crippen LogP) is 2.80. The van der Waals surface area contributed by atoms with E-state index in [1.807, 2.05) is 0 Å². The van der Waals surface area contributed by atoms with Gasteiger partial charge in [0.05, 0.1) is 18.7 Å². The second kappa shape index (κ2) is 5.70. The molecule has 1 heterocycles. The van der Waals surface area contributed by atoms with Gasteiger partial charge < -0.3 is 4.74 Å². The van der Waals surface area contributed by atoms with Gasteiger partial charge >= 0.3 is 0 Å². The summed E-state index contributed by atoms with van der Waals surface area (Å²) in [4.78, 5) is 21.3. The molecular weight excluding hydrogens is 311 g/mol. The lowest BCUT2D eigenvalue weighted by Gasteiger charge is -2.19. The molecule has 4 atom stereocenters. The van der Waals surface area contributed by atoms with E-state index in [0.29, 0.717) is 28.5 Å². The van der Waals surface area contributed by atoms with Crippen molar-refractivity contribution >= 4 is 16.8 Å². The van der Waals surface area contributed by atoms with Crippen LogP contribution in [0.25, 0.3) is 10.9 Å². The number of carbonyl (C=O) groups excluding carboxylic acids is 1. The van der Waals surface area contributed by atoms with Crippen LogP contribution in [0.5, 0.6) is 5.75 Å². The molecule has 5 nitrogen and oxygen atoms in total. The van der Waals surface area contributed by atoms with E-state index >= 15 is 0 Å². The number of aromatic nitrogens is 1. The molecule has 2 aliphatic carbocycles. The quantitative estimate of drug-likeness (QED) is 0.809. The average Bonchev–Trinajstić information content (AvgIpc) is 3.09. The molecule has 0 bridgehead atoms. The van der Waals surface area contributed by atoms with E-state index in [-0.39, 0.29) is 23.7 Å². The summed E-state index contributed by atoms with van der Waals surface area (Å²) in [5.74, 6) is 1.18. The van der Waals surface area contributed by atoms with Gasteiger partial charge in [-0.15, -0.1) is 0 Å². The lowest BCUT2D eigenvalue weighted by molar-refractivity contribution is -0.171. The van der Waals surface area contributed by atoms with Crippen LogP contribution in [0.2, 0.25) is 0 Å². The van der Waals surface area contributed by atoms with Gasteiger partial charge in [0.15, 0.2) is 0 Å². The molecule has 126 valence electrons. The summed E-state index contributed by atoms with van der Waals surface area (Å²) in [6, 6.07) is 6.27. The van der Waals surface area contributed by atoms with Gasteiger partial charge in [-0.1, -0.05) is 0 Å². The molecule has 2 fully saturated rings. The van der Waals surface area contributed by atoms with Crippen LogP contribution in [0.1, 0.15) is 12.8 Å². The number of amides is 1. The maximum absolute atomic E-state index is 13.5. The lowest BCUT2D eigenvalue weighted by Crippen LogP contribution is -2.29. The molecule has 0 aliphatic heterocycles. The third kappa shape index (κ3) is 2.51. The van der Waals surface area contributed by atoms with E-state index in [0.717, 1.165) is 12.8 Å². The molecule has 0 radical (unpaired) electrons. The Kier molecular flexibility index (Phi) is 3.64. The van der Waals surface area contributed by atoms with Crippen molar-refractivity contribution < 1.29 is 18.8 Å². The van der Waals surface area contributed by atoms with Crippen molar-refractivity contribution in [1.82, 2.24) is 10.0 Å². The van der Waals surface area contributed by atoms with Crippen LogP contribution in [0.4, 0.5) is 4.39 Å². The predicted molar refractivity (Wildman–Crippen MR) is 85.6 cm³/mol. The molecule has 1 amide bonds. The Morgan fingerprint density at radius 1 is 1.29 bits per heavy atom. The molecule has 6 heteroatoms. The van der Waals surface area contributed by atoms with Gasteiger partial charge in [0, 0.05) is 24.5 Å². The molecule has 24 heavy (non-hydrogen) atoms. The van der Waals surface area contributed by atoms with Crippen LogP contribution in [-0.2, 0) is 9.63 Å². The van der Waals surface area contributed by atoms with Gasteiger partial charge in [-0.05, 0) is 48.9 Å². The largest absolute Gasteiger partial charge is 0.490 e. The van der Waals surface area contributed by atoms with Crippen LogP contribution in [0.15, 0.2) is 30.5 Å². The van der Waals surface area contributed by atoms with Crippen LogP contribution >= 0.6 is 0 Å². The molecule has 0 N–H and O–H groups in total. The number of halogens is 1. The minimum Gasteiger partial charge on any atom is -0.490 e. The summed E-state index contributed by atoms with van der Waals surface area (Å²) in [6.45, 7) is 0. The zero-order chi connectivity index (χ0) is 16.8. The van der Waals surface area contributed by atoms with Crippen molar-refractivity contribution in [2.75, 3.05) is 14.2 Å². The van der Waals surface area contributed by atoms with Crippen LogP contribution in [0, 0.1) is 23.6 Å². The Morgan fingerprint density at radius 3 is 2.75 bits per heavy atom. The van der Waals surface area contributed by atoms with Gasteiger partial charge in [-0.2, -0.15) is 0 Å². The molecule has 2 saturated carbocycles. The van der Waals surface area contributed by atoms with Crippen molar-refractivity contribution in [3.05, 3.63) is 36.3 Å². The monoisotopic (exact) mass is 330 g/mol. The molecule has 1 aromatic carbocycles. The molecule has 2 aromatic rings. The Bertz CT molecular complexity index is 785. The van der Waals surface area contributed by atoms with Gasteiger partial charge in [0.1, 0.15) is 11.6 Å². The van der Waals surface area contributed by atoms with Gasteiger partial charge in [-0.25, -0.2) is 9.45 Å². The maximum atomic E-state index is 13.5. The van der Waals surface area contributed by atoms with Crippen molar-refractivity contribution in [3.8, 4) is 5.75 Å². The number of hydroxylamine groups is 2. The van der Waals surface area contributed by atoms with E-state index in [1.54, 1.807) is 25.4 Å². The first-order valence-electron chi connectivity index (χ1n) is 8.11. The fourth-order valence-electron chi connectivity index (χ4n) is 3.93. The highest BCUT2D eigenvalue weighted by molar-refractivity contribution is 5.85. The highest BCUT2D eigenvalue weighted by Crippen LogP contribution is 2.58. The maximum Gasteiger partial charge on any atom is 0.249 e. The Labute approximate surface area is 139 Å². The van der Waals surface area contributed by atoms with E-state index < -0.39 is 0 Å². The summed E-state index contributed by atoms with van der Waals surface area (Å²) in [5.41, 5.74) is 0.715. The number of ether oxygens (including phenoxy) is 1. The van der Waals surface area contributed by atoms with Crippen LogP contribution < -0.4 is 4.74 Å². The fourth-order valence-corrected chi connectivity index (χ4v) is 3.93. The summed E-state index contributed by atoms with van der Waals surface area (Å²) in [5, 5.41) is 1.99. The second-order valence-corrected chi connectivity index (χ2v) is 6.55. The summed E-state index contributed by atoms with van der Waals surface area (Å²) in [6.07, 6.45) is 3.42. The normalized spacial score (nSPS) is 27.8. The number of nitrogens with zero attached hydrogens (tertiary/aromatic N) is 2. The first-order chi connectivity index (χ1) is 11.6. The topological polar surface area (TPSA) is 51.7 Å². The summed E-state index contributed by atoms with van der Waals surface area (Å²) < 4.78 is 19.6. The van der Waals surface area contributed by atoms with Crippen molar-refractivity contribution in [2.24, 2.45) is 17.8 Å². The zero-order valence-corrected chi connectivity index (χ0v) is 13.6. The van der Waals surface area contributed by atoms with Gasteiger partial charge in [-0.3, -0.25) is 14.6 Å². The first-order valence-corrected chi connectivity index (χ1v) is 8.11. The number of hydrogen-bond acceptors (Lipinski definition) is 4. The number of benzene rings is 1. The molecule has 1 aromatic heterocycles. The molecular formula is C18H19FN2O3. The molecule has 0 unspecified atom stereocenters. The first kappa shape index (κ1) is 15.3. The molecule has 0 saturated heterocycles. The smallest absolute Gasteiger partial charge is 0.249 e. The molecule has 0 spiro atoms. The van der Waals surface area contributed by atoms with E-state index in [4.69, 9.17) is 9.57 Å². The Morgan fingerprint density at radius 2 is 2.04 bits per heavy atom. The number of rotatable bonds is 4. The number of fused-ring (bicyclic) bond motifs is 2. The highest BCUT2D eigenvalue weighted by atomic mass is 19.1. The minimum absolute atomic E-state index is 0.0439. The van der Waals surface area contributed by atoms with Gasteiger partial charge in [0.2, 0.25) is 5.91 Å². The lowest BCUT2D eigenvalue weighted by atomic mass is 10.1. The molecule has 4 rings (SSSR count). The minimum atomic E-state index is -0.303. The molecule has 2 aliphatic rings. The van der Waals surface area contributed by atoms with Crippen molar-refractivity contribution in [1.29, 1.82) is 0 Å².